The van der Waals surface area contributed by atoms with Gasteiger partial charge in [-0.1, -0.05) is 35.3 Å². The lowest BCUT2D eigenvalue weighted by Gasteiger charge is -2.31. The second-order valence-electron chi connectivity index (χ2n) is 7.10. The van der Waals surface area contributed by atoms with E-state index in [2.05, 4.69) is 5.32 Å². The number of halogens is 2. The van der Waals surface area contributed by atoms with E-state index >= 15 is 0 Å². The fourth-order valence-corrected chi connectivity index (χ4v) is 5.79. The maximum Gasteiger partial charge on any atom is 0.228 e. The monoisotopic (exact) mass is 470 g/mol. The van der Waals surface area contributed by atoms with E-state index in [1.54, 1.807) is 36.4 Å². The molecular weight excluding hydrogens is 447 g/mol. The molecule has 0 spiro atoms. The molecule has 1 N–H and O–H groups in total. The molecule has 2 aromatic carbocycles. The van der Waals surface area contributed by atoms with Gasteiger partial charge in [-0.25, -0.2) is 12.7 Å². The molecule has 9 heteroatoms. The minimum atomic E-state index is -3.67. The summed E-state index contributed by atoms with van der Waals surface area (Å²) >= 11 is 12.3. The van der Waals surface area contributed by atoms with Crippen molar-refractivity contribution in [3.05, 3.63) is 58.1 Å². The first-order valence-electron chi connectivity index (χ1n) is 9.74. The number of amides is 1. The normalized spacial score (nSPS) is 17.5. The Hall–Kier alpha value is -1.80. The summed E-state index contributed by atoms with van der Waals surface area (Å²) in [5, 5.41) is 3.49. The van der Waals surface area contributed by atoms with Crippen molar-refractivity contribution in [2.75, 3.05) is 25.0 Å². The number of nitrogens with one attached hydrogen (secondary N) is 1. The third kappa shape index (κ3) is 5.66. The summed E-state index contributed by atoms with van der Waals surface area (Å²) in [5.74, 6) is -0.277. The first-order valence-corrected chi connectivity index (χ1v) is 12.1. The van der Waals surface area contributed by atoms with Crippen LogP contribution in [-0.2, 0) is 20.6 Å². The third-order valence-electron chi connectivity index (χ3n) is 4.95. The molecule has 1 atom stereocenters. The summed E-state index contributed by atoms with van der Waals surface area (Å²) in [6, 6.07) is 12.0. The SMILES string of the molecule is CCOc1cccc(NC(=O)C2CCCN(S(=O)(=O)Cc3c(Cl)cccc3Cl)C2)c1. The van der Waals surface area contributed by atoms with Crippen LogP contribution in [0, 0.1) is 5.92 Å². The highest BCUT2D eigenvalue weighted by Crippen LogP contribution is 2.29. The van der Waals surface area contributed by atoms with Crippen molar-refractivity contribution in [2.45, 2.75) is 25.5 Å². The van der Waals surface area contributed by atoms with Crippen LogP contribution in [0.25, 0.3) is 0 Å². The van der Waals surface area contributed by atoms with Crippen molar-refractivity contribution in [3.63, 3.8) is 0 Å². The van der Waals surface area contributed by atoms with E-state index in [0.717, 1.165) is 0 Å². The largest absolute Gasteiger partial charge is 0.494 e. The Labute approximate surface area is 187 Å². The Kier molecular flexibility index (Phi) is 7.63. The summed E-state index contributed by atoms with van der Waals surface area (Å²) in [4.78, 5) is 12.8. The van der Waals surface area contributed by atoms with E-state index in [9.17, 15) is 13.2 Å². The number of hydrogen-bond acceptors (Lipinski definition) is 4. The Bertz CT molecular complexity index is 994. The van der Waals surface area contributed by atoms with Gasteiger partial charge in [0.15, 0.2) is 0 Å². The average molecular weight is 471 g/mol. The predicted octanol–water partition coefficient (Wildman–Crippen LogP) is 4.57. The molecule has 0 aliphatic carbocycles. The van der Waals surface area contributed by atoms with Crippen molar-refractivity contribution in [3.8, 4) is 5.75 Å². The van der Waals surface area contributed by atoms with Crippen molar-refractivity contribution in [2.24, 2.45) is 5.92 Å². The maximum absolute atomic E-state index is 13.0. The number of sulfonamides is 1. The number of benzene rings is 2. The summed E-state index contributed by atoms with van der Waals surface area (Å²) in [5.41, 5.74) is 0.994. The number of piperidine rings is 1. The van der Waals surface area contributed by atoms with Crippen LogP contribution in [0.2, 0.25) is 10.0 Å². The lowest BCUT2D eigenvalue weighted by atomic mass is 9.98. The molecule has 162 valence electrons. The van der Waals surface area contributed by atoms with Gasteiger partial charge in [-0.05, 0) is 44.0 Å². The number of rotatable bonds is 7. The van der Waals surface area contributed by atoms with E-state index in [0.29, 0.717) is 53.0 Å². The van der Waals surface area contributed by atoms with Crippen LogP contribution in [0.4, 0.5) is 5.69 Å². The van der Waals surface area contributed by atoms with Crippen LogP contribution < -0.4 is 10.1 Å². The van der Waals surface area contributed by atoms with Crippen molar-refractivity contribution < 1.29 is 17.9 Å². The van der Waals surface area contributed by atoms with Gasteiger partial charge in [0.2, 0.25) is 15.9 Å². The zero-order valence-corrected chi connectivity index (χ0v) is 18.9. The van der Waals surface area contributed by atoms with Crippen LogP contribution in [0.1, 0.15) is 25.3 Å². The third-order valence-corrected chi connectivity index (χ3v) is 7.43. The Balaban J connectivity index is 1.68. The van der Waals surface area contributed by atoms with Crippen LogP contribution >= 0.6 is 23.2 Å². The molecule has 2 aromatic rings. The average Bonchev–Trinajstić information content (AvgIpc) is 2.71. The minimum Gasteiger partial charge on any atom is -0.494 e. The second kappa shape index (κ2) is 10.0. The number of ether oxygens (including phenoxy) is 1. The van der Waals surface area contributed by atoms with Crippen LogP contribution in [0.3, 0.4) is 0 Å². The van der Waals surface area contributed by atoms with Crippen molar-refractivity contribution in [1.82, 2.24) is 4.31 Å². The Morgan fingerprint density at radius 3 is 2.60 bits per heavy atom. The standard InChI is InChI=1S/C21H24Cl2N2O4S/c1-2-29-17-8-3-7-16(12-17)24-21(26)15-6-5-11-25(13-15)30(27,28)14-18-19(22)9-4-10-20(18)23/h3-4,7-10,12,15H,2,5-6,11,13-14H2,1H3,(H,24,26). The van der Waals surface area contributed by atoms with E-state index in [1.165, 1.54) is 4.31 Å². The van der Waals surface area contributed by atoms with Crippen LogP contribution in [0.5, 0.6) is 5.75 Å². The molecule has 1 fully saturated rings. The minimum absolute atomic E-state index is 0.126. The molecule has 30 heavy (non-hydrogen) atoms. The fraction of sp³-hybridized carbons (Fsp3) is 0.381. The zero-order valence-electron chi connectivity index (χ0n) is 16.6. The van der Waals surface area contributed by atoms with Crippen LogP contribution in [0.15, 0.2) is 42.5 Å². The molecule has 1 amide bonds. The van der Waals surface area contributed by atoms with E-state index in [1.807, 2.05) is 13.0 Å². The van der Waals surface area contributed by atoms with Crippen LogP contribution in [-0.4, -0.2) is 38.3 Å². The van der Waals surface area contributed by atoms with E-state index in [4.69, 9.17) is 27.9 Å². The van der Waals surface area contributed by atoms with Gasteiger partial charge >= 0.3 is 0 Å². The molecule has 0 aromatic heterocycles. The number of hydrogen-bond donors (Lipinski definition) is 1. The molecule has 1 saturated heterocycles. The summed E-state index contributed by atoms with van der Waals surface area (Å²) in [7, 11) is -3.67. The molecule has 1 aliphatic heterocycles. The molecule has 1 unspecified atom stereocenters. The number of anilines is 1. The first-order chi connectivity index (χ1) is 14.3. The molecule has 1 heterocycles. The molecule has 6 nitrogen and oxygen atoms in total. The molecule has 1 aliphatic rings. The Morgan fingerprint density at radius 2 is 1.90 bits per heavy atom. The molecule has 3 rings (SSSR count). The fourth-order valence-electron chi connectivity index (χ4n) is 3.43. The number of nitrogens with zero attached hydrogens (tertiary/aromatic N) is 1. The van der Waals surface area contributed by atoms with Crippen molar-refractivity contribution >= 4 is 44.8 Å². The Morgan fingerprint density at radius 1 is 1.20 bits per heavy atom. The van der Waals surface area contributed by atoms with E-state index in [-0.39, 0.29) is 18.2 Å². The lowest BCUT2D eigenvalue weighted by Crippen LogP contribution is -2.44. The van der Waals surface area contributed by atoms with Gasteiger partial charge < -0.3 is 10.1 Å². The topological polar surface area (TPSA) is 75.7 Å². The predicted molar refractivity (Wildman–Crippen MR) is 120 cm³/mol. The van der Waals surface area contributed by atoms with Gasteiger partial charge in [0.05, 0.1) is 18.3 Å². The molecule has 0 bridgehead atoms. The van der Waals surface area contributed by atoms with E-state index < -0.39 is 15.9 Å². The zero-order chi connectivity index (χ0) is 21.7. The summed E-state index contributed by atoms with van der Waals surface area (Å²) < 4.78 is 32.7. The molecule has 0 saturated carbocycles. The maximum atomic E-state index is 13.0. The highest BCUT2D eigenvalue weighted by Gasteiger charge is 2.33. The number of carbonyl (C=O) groups excluding carboxylic acids is 1. The summed E-state index contributed by atoms with van der Waals surface area (Å²) in [6.45, 7) is 2.91. The first kappa shape index (κ1) is 22.9. The van der Waals surface area contributed by atoms with Gasteiger partial charge in [0, 0.05) is 40.5 Å². The smallest absolute Gasteiger partial charge is 0.228 e. The second-order valence-corrected chi connectivity index (χ2v) is 9.89. The van der Waals surface area contributed by atoms with Gasteiger partial charge in [0.1, 0.15) is 5.75 Å². The van der Waals surface area contributed by atoms with Gasteiger partial charge in [0.25, 0.3) is 0 Å². The molecular formula is C21H24Cl2N2O4S. The molecule has 0 radical (unpaired) electrons. The van der Waals surface area contributed by atoms with Gasteiger partial charge in [-0.3, -0.25) is 4.79 Å². The van der Waals surface area contributed by atoms with Crippen molar-refractivity contribution in [1.29, 1.82) is 0 Å². The highest BCUT2D eigenvalue weighted by atomic mass is 35.5. The summed E-state index contributed by atoms with van der Waals surface area (Å²) in [6.07, 6.45) is 1.22. The van der Waals surface area contributed by atoms with Gasteiger partial charge in [-0.2, -0.15) is 0 Å². The lowest BCUT2D eigenvalue weighted by molar-refractivity contribution is -0.120. The quantitative estimate of drug-likeness (QED) is 0.642. The highest BCUT2D eigenvalue weighted by molar-refractivity contribution is 7.88. The number of carbonyl (C=O) groups is 1. The van der Waals surface area contributed by atoms with Gasteiger partial charge in [-0.15, -0.1) is 0 Å².